The zero-order chi connectivity index (χ0) is 24.5. The fraction of sp³-hybridized carbons (Fsp3) is 0.444. The smallest absolute Gasteiger partial charge is 0.407 e. The van der Waals surface area contributed by atoms with Gasteiger partial charge in [0.1, 0.15) is 12.1 Å². The first kappa shape index (κ1) is 23.8. The van der Waals surface area contributed by atoms with Gasteiger partial charge in [0.25, 0.3) is 0 Å². The summed E-state index contributed by atoms with van der Waals surface area (Å²) >= 11 is 0. The van der Waals surface area contributed by atoms with Crippen LogP contribution in [-0.4, -0.2) is 53.7 Å². The number of likely N-dealkylation sites (N-methyl/N-ethyl adjacent to an activating group) is 1. The molecule has 2 amide bonds. The summed E-state index contributed by atoms with van der Waals surface area (Å²) in [5.41, 5.74) is 3.37. The lowest BCUT2D eigenvalue weighted by atomic mass is 9.92. The average molecular weight is 465 g/mol. The molecule has 2 aliphatic carbocycles. The minimum Gasteiger partial charge on any atom is -0.480 e. The first-order valence-corrected chi connectivity index (χ1v) is 11.8. The van der Waals surface area contributed by atoms with Crippen molar-refractivity contribution >= 4 is 18.0 Å². The third-order valence-corrected chi connectivity index (χ3v) is 7.52. The molecule has 0 aromatic heterocycles. The third kappa shape index (κ3) is 4.39. The van der Waals surface area contributed by atoms with Crippen LogP contribution in [0.15, 0.2) is 48.5 Å². The highest BCUT2D eigenvalue weighted by atomic mass is 16.5. The van der Waals surface area contributed by atoms with E-state index in [0.29, 0.717) is 13.0 Å². The van der Waals surface area contributed by atoms with Gasteiger partial charge in [0.15, 0.2) is 0 Å². The van der Waals surface area contributed by atoms with E-state index in [-0.39, 0.29) is 30.3 Å². The highest BCUT2D eigenvalue weighted by Crippen LogP contribution is 2.44. The van der Waals surface area contributed by atoms with E-state index in [9.17, 15) is 19.5 Å². The van der Waals surface area contributed by atoms with Gasteiger partial charge in [0, 0.05) is 25.4 Å². The number of alkyl carbamates (subject to hydrolysis) is 1. The van der Waals surface area contributed by atoms with Crippen molar-refractivity contribution in [1.29, 1.82) is 0 Å². The molecule has 1 saturated carbocycles. The quantitative estimate of drug-likeness (QED) is 0.638. The number of nitrogens with one attached hydrogen (secondary N) is 1. The van der Waals surface area contributed by atoms with Crippen LogP contribution in [-0.2, 0) is 14.3 Å². The zero-order valence-electron chi connectivity index (χ0n) is 19.9. The zero-order valence-corrected chi connectivity index (χ0v) is 19.9. The number of nitrogens with zero attached hydrogens (tertiary/aromatic N) is 1. The summed E-state index contributed by atoms with van der Waals surface area (Å²) in [5, 5.41) is 12.3. The van der Waals surface area contributed by atoms with Crippen LogP contribution in [0.1, 0.15) is 50.2 Å². The normalized spacial score (nSPS) is 19.3. The predicted molar refractivity (Wildman–Crippen MR) is 128 cm³/mol. The monoisotopic (exact) mass is 464 g/mol. The van der Waals surface area contributed by atoms with Crippen molar-refractivity contribution in [3.8, 4) is 11.1 Å². The largest absolute Gasteiger partial charge is 0.480 e. The maximum absolute atomic E-state index is 13.0. The van der Waals surface area contributed by atoms with Gasteiger partial charge in [0.2, 0.25) is 5.91 Å². The molecular weight excluding hydrogens is 432 g/mol. The summed E-state index contributed by atoms with van der Waals surface area (Å²) in [6, 6.07) is 16.4. The molecule has 0 radical (unpaired) electrons. The van der Waals surface area contributed by atoms with Crippen LogP contribution >= 0.6 is 0 Å². The second-order valence-electron chi connectivity index (χ2n) is 9.77. The van der Waals surface area contributed by atoms with Crippen molar-refractivity contribution < 1.29 is 24.2 Å². The van der Waals surface area contributed by atoms with Gasteiger partial charge in [-0.3, -0.25) is 4.79 Å². The Balaban J connectivity index is 1.34. The molecule has 7 heteroatoms. The molecule has 2 aliphatic rings. The Morgan fingerprint density at radius 1 is 1.03 bits per heavy atom. The first-order chi connectivity index (χ1) is 16.2. The number of benzene rings is 2. The Bertz CT molecular complexity index is 1050. The molecule has 0 unspecified atom stereocenters. The summed E-state index contributed by atoms with van der Waals surface area (Å²) in [4.78, 5) is 38.4. The Labute approximate surface area is 200 Å². The first-order valence-electron chi connectivity index (χ1n) is 11.8. The summed E-state index contributed by atoms with van der Waals surface area (Å²) in [6.07, 6.45) is 1.87. The third-order valence-electron chi connectivity index (χ3n) is 7.52. The molecule has 2 N–H and O–H groups in total. The number of ether oxygens (including phenoxy) is 1. The van der Waals surface area contributed by atoms with Gasteiger partial charge in [0.05, 0.1) is 0 Å². The van der Waals surface area contributed by atoms with Crippen molar-refractivity contribution in [2.45, 2.75) is 44.6 Å². The maximum Gasteiger partial charge on any atom is 0.407 e. The van der Waals surface area contributed by atoms with E-state index in [0.717, 1.165) is 24.0 Å². The number of carboxylic acids is 1. The van der Waals surface area contributed by atoms with E-state index in [1.165, 1.54) is 36.9 Å². The summed E-state index contributed by atoms with van der Waals surface area (Å²) in [7, 11) is 1.53. The molecule has 1 fully saturated rings. The van der Waals surface area contributed by atoms with Gasteiger partial charge in [-0.15, -0.1) is 0 Å². The van der Waals surface area contributed by atoms with Crippen LogP contribution in [0.2, 0.25) is 0 Å². The number of carbonyl (C=O) groups is 3. The molecule has 0 heterocycles. The lowest BCUT2D eigenvalue weighted by Crippen LogP contribution is -2.53. The molecule has 0 aliphatic heterocycles. The van der Waals surface area contributed by atoms with Crippen LogP contribution in [0.25, 0.3) is 11.1 Å². The van der Waals surface area contributed by atoms with Crippen LogP contribution in [0.3, 0.4) is 0 Å². The number of fused-ring (bicyclic) bond motifs is 3. The van der Waals surface area contributed by atoms with Crippen molar-refractivity contribution in [2.75, 3.05) is 20.2 Å². The van der Waals surface area contributed by atoms with E-state index in [4.69, 9.17) is 4.74 Å². The maximum atomic E-state index is 13.0. The van der Waals surface area contributed by atoms with Gasteiger partial charge >= 0.3 is 12.1 Å². The molecule has 34 heavy (non-hydrogen) atoms. The summed E-state index contributed by atoms with van der Waals surface area (Å²) in [5.74, 6) is -1.60. The minimum atomic E-state index is -1.29. The van der Waals surface area contributed by atoms with E-state index < -0.39 is 17.6 Å². The topological polar surface area (TPSA) is 95.9 Å². The molecule has 2 aromatic carbocycles. The molecule has 180 valence electrons. The van der Waals surface area contributed by atoms with Gasteiger partial charge in [-0.25, -0.2) is 9.59 Å². The van der Waals surface area contributed by atoms with E-state index in [2.05, 4.69) is 29.6 Å². The molecule has 4 rings (SSSR count). The van der Waals surface area contributed by atoms with Gasteiger partial charge < -0.3 is 20.1 Å². The van der Waals surface area contributed by atoms with Crippen LogP contribution in [0.5, 0.6) is 0 Å². The van der Waals surface area contributed by atoms with Crippen molar-refractivity contribution in [3.63, 3.8) is 0 Å². The molecule has 2 aromatic rings. The summed E-state index contributed by atoms with van der Waals surface area (Å²) < 4.78 is 5.61. The SMILES string of the molecule is CN(C(=O)[C@@H]1CCC[C@@H]1CNC(=O)OCC1c2ccccc2-c2ccccc21)C(C)(C)C(=O)O. The van der Waals surface area contributed by atoms with Crippen molar-refractivity contribution in [2.24, 2.45) is 11.8 Å². The number of hydrogen-bond donors (Lipinski definition) is 2. The summed E-state index contributed by atoms with van der Waals surface area (Å²) in [6.45, 7) is 3.61. The van der Waals surface area contributed by atoms with E-state index >= 15 is 0 Å². The van der Waals surface area contributed by atoms with Crippen LogP contribution in [0, 0.1) is 11.8 Å². The minimum absolute atomic E-state index is 0.00847. The number of carbonyl (C=O) groups excluding carboxylic acids is 2. The number of carboxylic acid groups (broad SMARTS) is 1. The highest BCUT2D eigenvalue weighted by molar-refractivity contribution is 5.87. The molecular formula is C27H32N2O5. The molecule has 7 nitrogen and oxygen atoms in total. The van der Waals surface area contributed by atoms with E-state index in [1.54, 1.807) is 0 Å². The van der Waals surface area contributed by atoms with Crippen molar-refractivity contribution in [1.82, 2.24) is 10.2 Å². The predicted octanol–water partition coefficient (Wildman–Crippen LogP) is 4.26. The second-order valence-corrected chi connectivity index (χ2v) is 9.77. The molecule has 2 atom stereocenters. The number of hydrogen-bond acceptors (Lipinski definition) is 4. The lowest BCUT2D eigenvalue weighted by Gasteiger charge is -2.34. The van der Waals surface area contributed by atoms with Crippen LogP contribution in [0.4, 0.5) is 4.79 Å². The lowest BCUT2D eigenvalue weighted by molar-refractivity contribution is -0.157. The Morgan fingerprint density at radius 3 is 2.21 bits per heavy atom. The molecule has 0 bridgehead atoms. The standard InChI is InChI=1S/C27H32N2O5/c1-27(2,25(31)32)29(3)24(30)18-14-8-9-17(18)15-28-26(33)34-16-23-21-12-6-4-10-19(21)20-11-5-7-13-22(20)23/h4-7,10-13,17-18,23H,8-9,14-16H2,1-3H3,(H,28,33)(H,31,32)/t17-,18-/m1/s1. The highest BCUT2D eigenvalue weighted by Gasteiger charge is 2.41. The molecule has 0 spiro atoms. The van der Waals surface area contributed by atoms with Gasteiger partial charge in [-0.2, -0.15) is 0 Å². The average Bonchev–Trinajstić information content (AvgIpc) is 3.43. The second kappa shape index (κ2) is 9.49. The number of aliphatic carboxylic acids is 1. The fourth-order valence-corrected chi connectivity index (χ4v) is 5.14. The Hall–Kier alpha value is -3.35. The van der Waals surface area contributed by atoms with Crippen molar-refractivity contribution in [3.05, 3.63) is 59.7 Å². The fourth-order valence-electron chi connectivity index (χ4n) is 5.14. The Morgan fingerprint density at radius 2 is 1.62 bits per heavy atom. The van der Waals surface area contributed by atoms with Gasteiger partial charge in [-0.1, -0.05) is 55.0 Å². The Kier molecular flexibility index (Phi) is 6.64. The van der Waals surface area contributed by atoms with E-state index in [1.807, 2.05) is 24.3 Å². The van der Waals surface area contributed by atoms with Gasteiger partial charge in [-0.05, 0) is 54.9 Å². The van der Waals surface area contributed by atoms with Crippen LogP contribution < -0.4 is 5.32 Å². The number of amides is 2. The molecule has 0 saturated heterocycles. The number of rotatable bonds is 7.